The standard InChI is InChI=1S/C12H12ClN3OS/c13-8-4-11(18-7-8)6-15-9-2-1-3-10(5-9)16-12(14)17/h1-5,7,15H,6H2,(H3,14,16,17). The maximum absolute atomic E-state index is 10.7. The molecule has 2 rings (SSSR count). The molecule has 0 fully saturated rings. The van der Waals surface area contributed by atoms with E-state index >= 15 is 0 Å². The van der Waals surface area contributed by atoms with E-state index in [0.717, 1.165) is 15.6 Å². The summed E-state index contributed by atoms with van der Waals surface area (Å²) >= 11 is 7.45. The highest BCUT2D eigenvalue weighted by Gasteiger charge is 2.00. The fourth-order valence-corrected chi connectivity index (χ4v) is 2.50. The Morgan fingerprint density at radius 2 is 2.11 bits per heavy atom. The second kappa shape index (κ2) is 5.75. The summed E-state index contributed by atoms with van der Waals surface area (Å²) in [6, 6.07) is 8.70. The Kier molecular flexibility index (Phi) is 4.07. The number of anilines is 2. The van der Waals surface area contributed by atoms with Crippen LogP contribution < -0.4 is 16.4 Å². The van der Waals surface area contributed by atoms with Gasteiger partial charge in [0.1, 0.15) is 0 Å². The number of halogens is 1. The smallest absolute Gasteiger partial charge is 0.316 e. The summed E-state index contributed by atoms with van der Waals surface area (Å²) in [5.41, 5.74) is 6.63. The van der Waals surface area contributed by atoms with E-state index in [4.69, 9.17) is 17.3 Å². The number of hydrogen-bond acceptors (Lipinski definition) is 3. The molecule has 0 atom stereocenters. The summed E-state index contributed by atoms with van der Waals surface area (Å²) in [5, 5.41) is 8.42. The summed E-state index contributed by atoms with van der Waals surface area (Å²) in [4.78, 5) is 11.9. The van der Waals surface area contributed by atoms with Crippen LogP contribution in [0.3, 0.4) is 0 Å². The first-order valence-corrected chi connectivity index (χ1v) is 6.52. The number of amides is 2. The van der Waals surface area contributed by atoms with Gasteiger partial charge in [-0.3, -0.25) is 0 Å². The molecular formula is C12H12ClN3OS. The topological polar surface area (TPSA) is 67.2 Å². The van der Waals surface area contributed by atoms with Gasteiger partial charge in [-0.15, -0.1) is 11.3 Å². The molecule has 0 radical (unpaired) electrons. The number of carbonyl (C=O) groups is 1. The van der Waals surface area contributed by atoms with E-state index in [-0.39, 0.29) is 0 Å². The number of thiophene rings is 1. The highest BCUT2D eigenvalue weighted by molar-refractivity contribution is 7.10. The van der Waals surface area contributed by atoms with Crippen molar-refractivity contribution >= 4 is 40.3 Å². The average Bonchev–Trinajstić information content (AvgIpc) is 2.72. The van der Waals surface area contributed by atoms with Crippen molar-refractivity contribution in [2.75, 3.05) is 10.6 Å². The van der Waals surface area contributed by atoms with Gasteiger partial charge in [-0.2, -0.15) is 0 Å². The minimum atomic E-state index is -0.572. The van der Waals surface area contributed by atoms with Crippen molar-refractivity contribution in [3.63, 3.8) is 0 Å². The van der Waals surface area contributed by atoms with Crippen molar-refractivity contribution in [3.8, 4) is 0 Å². The number of primary amides is 1. The van der Waals surface area contributed by atoms with Gasteiger partial charge in [0.15, 0.2) is 0 Å². The molecule has 0 aliphatic heterocycles. The molecule has 1 aromatic carbocycles. The Balaban J connectivity index is 1.98. The highest BCUT2D eigenvalue weighted by Crippen LogP contribution is 2.21. The molecule has 4 N–H and O–H groups in total. The third kappa shape index (κ3) is 3.65. The zero-order chi connectivity index (χ0) is 13.0. The number of hydrogen-bond donors (Lipinski definition) is 3. The van der Waals surface area contributed by atoms with E-state index in [1.807, 2.05) is 29.6 Å². The first-order valence-electron chi connectivity index (χ1n) is 5.27. The SMILES string of the molecule is NC(=O)Nc1cccc(NCc2cc(Cl)cs2)c1. The molecule has 94 valence electrons. The van der Waals surface area contributed by atoms with E-state index in [0.29, 0.717) is 12.2 Å². The number of nitrogens with two attached hydrogens (primary N) is 1. The first-order chi connectivity index (χ1) is 8.63. The molecule has 0 bridgehead atoms. The van der Waals surface area contributed by atoms with Crippen LogP contribution in [-0.4, -0.2) is 6.03 Å². The van der Waals surface area contributed by atoms with Crippen LogP contribution in [0.25, 0.3) is 0 Å². The van der Waals surface area contributed by atoms with Crippen LogP contribution in [0.2, 0.25) is 5.02 Å². The molecular weight excluding hydrogens is 270 g/mol. The first kappa shape index (κ1) is 12.7. The van der Waals surface area contributed by atoms with E-state index in [1.54, 1.807) is 17.4 Å². The lowest BCUT2D eigenvalue weighted by Gasteiger charge is -2.07. The fraction of sp³-hybridized carbons (Fsp3) is 0.0833. The van der Waals surface area contributed by atoms with E-state index in [2.05, 4.69) is 10.6 Å². The average molecular weight is 282 g/mol. The number of urea groups is 1. The molecule has 0 aliphatic carbocycles. The van der Waals surface area contributed by atoms with Gasteiger partial charge in [-0.05, 0) is 24.3 Å². The predicted octanol–water partition coefficient (Wildman–Crippen LogP) is 3.50. The van der Waals surface area contributed by atoms with Gasteiger partial charge in [0.2, 0.25) is 0 Å². The third-order valence-corrected chi connectivity index (χ3v) is 3.50. The molecule has 1 aromatic heterocycles. The second-order valence-corrected chi connectivity index (χ2v) is 5.09. The minimum absolute atomic E-state index is 0.572. The Hall–Kier alpha value is -1.72. The molecule has 0 spiro atoms. The fourth-order valence-electron chi connectivity index (χ4n) is 1.48. The monoisotopic (exact) mass is 281 g/mol. The highest BCUT2D eigenvalue weighted by atomic mass is 35.5. The van der Waals surface area contributed by atoms with Crippen LogP contribution in [0.1, 0.15) is 4.88 Å². The third-order valence-electron chi connectivity index (χ3n) is 2.22. The summed E-state index contributed by atoms with van der Waals surface area (Å²) in [6.07, 6.45) is 0. The molecule has 2 amide bonds. The minimum Gasteiger partial charge on any atom is -0.380 e. The lowest BCUT2D eigenvalue weighted by molar-refractivity contribution is 0.259. The van der Waals surface area contributed by atoms with Crippen LogP contribution in [0, 0.1) is 0 Å². The Morgan fingerprint density at radius 1 is 1.33 bits per heavy atom. The molecule has 1 heterocycles. The van der Waals surface area contributed by atoms with Crippen LogP contribution in [0.4, 0.5) is 16.2 Å². The van der Waals surface area contributed by atoms with Crippen molar-refractivity contribution in [1.82, 2.24) is 0 Å². The zero-order valence-electron chi connectivity index (χ0n) is 9.44. The van der Waals surface area contributed by atoms with Crippen LogP contribution in [0.5, 0.6) is 0 Å². The summed E-state index contributed by atoms with van der Waals surface area (Å²) in [5.74, 6) is 0. The van der Waals surface area contributed by atoms with Gasteiger partial charge in [0.05, 0.1) is 5.02 Å². The second-order valence-electron chi connectivity index (χ2n) is 3.65. The van der Waals surface area contributed by atoms with Gasteiger partial charge in [0, 0.05) is 28.2 Å². The van der Waals surface area contributed by atoms with Crippen molar-refractivity contribution in [2.45, 2.75) is 6.54 Å². The van der Waals surface area contributed by atoms with Crippen molar-refractivity contribution in [2.24, 2.45) is 5.73 Å². The number of carbonyl (C=O) groups excluding carboxylic acids is 1. The molecule has 0 unspecified atom stereocenters. The van der Waals surface area contributed by atoms with Gasteiger partial charge < -0.3 is 16.4 Å². The van der Waals surface area contributed by atoms with E-state index in [9.17, 15) is 4.79 Å². The van der Waals surface area contributed by atoms with Crippen LogP contribution in [-0.2, 0) is 6.54 Å². The maximum atomic E-state index is 10.7. The molecule has 0 saturated carbocycles. The van der Waals surface area contributed by atoms with E-state index in [1.165, 1.54) is 0 Å². The molecule has 4 nitrogen and oxygen atoms in total. The normalized spacial score (nSPS) is 10.1. The van der Waals surface area contributed by atoms with Gasteiger partial charge in [0.25, 0.3) is 0 Å². The maximum Gasteiger partial charge on any atom is 0.316 e. The largest absolute Gasteiger partial charge is 0.380 e. The number of rotatable bonds is 4. The predicted molar refractivity (Wildman–Crippen MR) is 76.3 cm³/mol. The lowest BCUT2D eigenvalue weighted by Crippen LogP contribution is -2.19. The molecule has 0 aliphatic rings. The molecule has 0 saturated heterocycles. The summed E-state index contributed by atoms with van der Waals surface area (Å²) in [6.45, 7) is 0.692. The van der Waals surface area contributed by atoms with Crippen molar-refractivity contribution in [3.05, 3.63) is 45.6 Å². The van der Waals surface area contributed by atoms with Gasteiger partial charge in [-0.1, -0.05) is 17.7 Å². The molecule has 18 heavy (non-hydrogen) atoms. The summed E-state index contributed by atoms with van der Waals surface area (Å²) < 4.78 is 0. The molecule has 2 aromatic rings. The Labute approximate surface area is 114 Å². The molecule has 6 heteroatoms. The van der Waals surface area contributed by atoms with E-state index < -0.39 is 6.03 Å². The lowest BCUT2D eigenvalue weighted by atomic mass is 10.2. The Morgan fingerprint density at radius 3 is 2.78 bits per heavy atom. The number of nitrogens with one attached hydrogen (secondary N) is 2. The van der Waals surface area contributed by atoms with Crippen molar-refractivity contribution < 1.29 is 4.79 Å². The van der Waals surface area contributed by atoms with Gasteiger partial charge in [-0.25, -0.2) is 4.79 Å². The number of benzene rings is 1. The zero-order valence-corrected chi connectivity index (χ0v) is 11.0. The van der Waals surface area contributed by atoms with Crippen molar-refractivity contribution in [1.29, 1.82) is 0 Å². The van der Waals surface area contributed by atoms with Crippen LogP contribution in [0.15, 0.2) is 35.7 Å². The summed E-state index contributed by atoms with van der Waals surface area (Å²) in [7, 11) is 0. The Bertz CT molecular complexity index is 556. The quantitative estimate of drug-likeness (QED) is 0.803. The van der Waals surface area contributed by atoms with Crippen LogP contribution >= 0.6 is 22.9 Å². The van der Waals surface area contributed by atoms with Gasteiger partial charge >= 0.3 is 6.03 Å².